The van der Waals surface area contributed by atoms with Crippen molar-refractivity contribution in [2.24, 2.45) is 5.73 Å². The van der Waals surface area contributed by atoms with Crippen molar-refractivity contribution in [2.75, 3.05) is 6.54 Å². The van der Waals surface area contributed by atoms with Crippen molar-refractivity contribution in [2.45, 2.75) is 12.3 Å². The number of hydrogen-bond donors (Lipinski definition) is 1. The standard InChI is InChI=1S/C15H15Cl2N/c16-13-7-5-11(6-8-13)9-12(10-18)14-3-1-2-4-15(14)17/h1-8,12H,9-10,18H2. The summed E-state index contributed by atoms with van der Waals surface area (Å²) in [6.07, 6.45) is 0.872. The van der Waals surface area contributed by atoms with Crippen LogP contribution in [0, 0.1) is 0 Å². The minimum atomic E-state index is 0.236. The van der Waals surface area contributed by atoms with Gasteiger partial charge < -0.3 is 5.73 Å². The largest absolute Gasteiger partial charge is 0.330 e. The molecule has 1 unspecified atom stereocenters. The van der Waals surface area contributed by atoms with Crippen molar-refractivity contribution < 1.29 is 0 Å². The molecule has 0 aliphatic carbocycles. The predicted octanol–water partition coefficient (Wildman–Crippen LogP) is 4.28. The maximum atomic E-state index is 6.21. The number of hydrogen-bond acceptors (Lipinski definition) is 1. The fraction of sp³-hybridized carbons (Fsp3) is 0.200. The molecule has 0 radical (unpaired) electrons. The molecular formula is C15H15Cl2N. The molecule has 0 spiro atoms. The molecule has 3 heteroatoms. The lowest BCUT2D eigenvalue weighted by molar-refractivity contribution is 0.694. The summed E-state index contributed by atoms with van der Waals surface area (Å²) in [5, 5.41) is 1.53. The zero-order valence-electron chi connectivity index (χ0n) is 9.94. The van der Waals surface area contributed by atoms with E-state index in [1.54, 1.807) is 0 Å². The third-order valence-electron chi connectivity index (χ3n) is 3.02. The van der Waals surface area contributed by atoms with Crippen LogP contribution in [0.15, 0.2) is 48.5 Å². The lowest BCUT2D eigenvalue weighted by Crippen LogP contribution is -2.15. The summed E-state index contributed by atoms with van der Waals surface area (Å²) in [7, 11) is 0. The average molecular weight is 280 g/mol. The topological polar surface area (TPSA) is 26.0 Å². The fourth-order valence-corrected chi connectivity index (χ4v) is 2.45. The van der Waals surface area contributed by atoms with Gasteiger partial charge in [-0.2, -0.15) is 0 Å². The first-order valence-electron chi connectivity index (χ1n) is 5.89. The van der Waals surface area contributed by atoms with Crippen LogP contribution in [0.3, 0.4) is 0 Å². The Labute approximate surface area is 118 Å². The molecule has 0 heterocycles. The van der Waals surface area contributed by atoms with Gasteiger partial charge >= 0.3 is 0 Å². The second kappa shape index (κ2) is 6.24. The molecule has 94 valence electrons. The van der Waals surface area contributed by atoms with Crippen LogP contribution in [-0.2, 0) is 6.42 Å². The first-order valence-corrected chi connectivity index (χ1v) is 6.65. The summed E-state index contributed by atoms with van der Waals surface area (Å²) in [6, 6.07) is 15.7. The van der Waals surface area contributed by atoms with E-state index < -0.39 is 0 Å². The van der Waals surface area contributed by atoms with Gasteiger partial charge in [0.05, 0.1) is 0 Å². The van der Waals surface area contributed by atoms with Crippen LogP contribution in [0.4, 0.5) is 0 Å². The van der Waals surface area contributed by atoms with E-state index in [1.807, 2.05) is 48.5 Å². The Balaban J connectivity index is 2.20. The van der Waals surface area contributed by atoms with Gasteiger partial charge in [0.2, 0.25) is 0 Å². The average Bonchev–Trinajstić information content (AvgIpc) is 2.39. The van der Waals surface area contributed by atoms with Crippen molar-refractivity contribution in [1.82, 2.24) is 0 Å². The molecule has 1 nitrogen and oxygen atoms in total. The van der Waals surface area contributed by atoms with Gasteiger partial charge in [-0.25, -0.2) is 0 Å². The summed E-state index contributed by atoms with van der Waals surface area (Å²) in [5.74, 6) is 0.236. The molecule has 0 aromatic heterocycles. The molecule has 2 aromatic rings. The lowest BCUT2D eigenvalue weighted by Gasteiger charge is -2.16. The van der Waals surface area contributed by atoms with E-state index in [2.05, 4.69) is 0 Å². The third kappa shape index (κ3) is 3.26. The van der Waals surface area contributed by atoms with E-state index in [9.17, 15) is 0 Å². The first kappa shape index (κ1) is 13.4. The lowest BCUT2D eigenvalue weighted by atomic mass is 9.92. The van der Waals surface area contributed by atoms with Gasteiger partial charge in [-0.3, -0.25) is 0 Å². The summed E-state index contributed by atoms with van der Waals surface area (Å²) in [4.78, 5) is 0. The first-order chi connectivity index (χ1) is 8.70. The van der Waals surface area contributed by atoms with Gasteiger partial charge in [-0.05, 0) is 42.3 Å². The molecule has 0 amide bonds. The van der Waals surface area contributed by atoms with Crippen molar-refractivity contribution in [3.63, 3.8) is 0 Å². The van der Waals surface area contributed by atoms with Crippen molar-refractivity contribution in [1.29, 1.82) is 0 Å². The second-order valence-corrected chi connectivity index (χ2v) is 5.13. The SMILES string of the molecule is NCC(Cc1ccc(Cl)cc1)c1ccccc1Cl. The summed E-state index contributed by atoms with van der Waals surface area (Å²) >= 11 is 12.1. The van der Waals surface area contributed by atoms with E-state index in [1.165, 1.54) is 5.56 Å². The molecule has 0 saturated heterocycles. The Kier molecular flexibility index (Phi) is 4.65. The highest BCUT2D eigenvalue weighted by atomic mass is 35.5. The van der Waals surface area contributed by atoms with E-state index in [0.717, 1.165) is 22.0 Å². The summed E-state index contributed by atoms with van der Waals surface area (Å²) in [6.45, 7) is 0.576. The van der Waals surface area contributed by atoms with Crippen molar-refractivity contribution >= 4 is 23.2 Å². The van der Waals surface area contributed by atoms with Crippen LogP contribution in [0.25, 0.3) is 0 Å². The van der Waals surface area contributed by atoms with Crippen LogP contribution in [0.2, 0.25) is 10.0 Å². The van der Waals surface area contributed by atoms with Crippen LogP contribution < -0.4 is 5.73 Å². The van der Waals surface area contributed by atoms with Gasteiger partial charge in [-0.1, -0.05) is 53.5 Å². The second-order valence-electron chi connectivity index (χ2n) is 4.28. The third-order valence-corrected chi connectivity index (χ3v) is 3.62. The van der Waals surface area contributed by atoms with Crippen LogP contribution in [-0.4, -0.2) is 6.54 Å². The van der Waals surface area contributed by atoms with Gasteiger partial charge in [-0.15, -0.1) is 0 Å². The minimum Gasteiger partial charge on any atom is -0.330 e. The van der Waals surface area contributed by atoms with E-state index in [4.69, 9.17) is 28.9 Å². The molecule has 1 atom stereocenters. The highest BCUT2D eigenvalue weighted by Crippen LogP contribution is 2.27. The molecule has 0 saturated carbocycles. The van der Waals surface area contributed by atoms with E-state index in [-0.39, 0.29) is 5.92 Å². The Morgan fingerprint density at radius 3 is 2.22 bits per heavy atom. The zero-order valence-corrected chi connectivity index (χ0v) is 11.5. The van der Waals surface area contributed by atoms with Crippen molar-refractivity contribution in [3.05, 3.63) is 69.7 Å². The van der Waals surface area contributed by atoms with E-state index in [0.29, 0.717) is 6.54 Å². The number of benzene rings is 2. The molecule has 0 aliphatic rings. The fourth-order valence-electron chi connectivity index (χ4n) is 2.03. The molecular weight excluding hydrogens is 265 g/mol. The molecule has 2 N–H and O–H groups in total. The highest BCUT2D eigenvalue weighted by molar-refractivity contribution is 6.31. The van der Waals surface area contributed by atoms with Gasteiger partial charge in [0.1, 0.15) is 0 Å². The van der Waals surface area contributed by atoms with Crippen LogP contribution >= 0.6 is 23.2 Å². The Hall–Kier alpha value is -1.02. The molecule has 2 aromatic carbocycles. The number of nitrogens with two attached hydrogens (primary N) is 1. The maximum Gasteiger partial charge on any atom is 0.0441 e. The molecule has 18 heavy (non-hydrogen) atoms. The quantitative estimate of drug-likeness (QED) is 0.888. The molecule has 0 bridgehead atoms. The summed E-state index contributed by atoms with van der Waals surface area (Å²) in [5.41, 5.74) is 8.19. The predicted molar refractivity (Wildman–Crippen MR) is 78.4 cm³/mol. The Morgan fingerprint density at radius 1 is 0.944 bits per heavy atom. The molecule has 0 fully saturated rings. The molecule has 2 rings (SSSR count). The Morgan fingerprint density at radius 2 is 1.61 bits per heavy atom. The van der Waals surface area contributed by atoms with Crippen LogP contribution in [0.1, 0.15) is 17.0 Å². The van der Waals surface area contributed by atoms with Gasteiger partial charge in [0, 0.05) is 16.0 Å². The molecule has 0 aliphatic heterocycles. The highest BCUT2D eigenvalue weighted by Gasteiger charge is 2.13. The van der Waals surface area contributed by atoms with Gasteiger partial charge in [0.15, 0.2) is 0 Å². The minimum absolute atomic E-state index is 0.236. The maximum absolute atomic E-state index is 6.21. The van der Waals surface area contributed by atoms with E-state index >= 15 is 0 Å². The van der Waals surface area contributed by atoms with Crippen molar-refractivity contribution in [3.8, 4) is 0 Å². The summed E-state index contributed by atoms with van der Waals surface area (Å²) < 4.78 is 0. The smallest absolute Gasteiger partial charge is 0.0441 e. The number of rotatable bonds is 4. The van der Waals surface area contributed by atoms with Gasteiger partial charge in [0.25, 0.3) is 0 Å². The Bertz CT molecular complexity index is 508. The monoisotopic (exact) mass is 279 g/mol. The van der Waals surface area contributed by atoms with Crippen LogP contribution in [0.5, 0.6) is 0 Å². The number of halogens is 2. The zero-order chi connectivity index (χ0) is 13.0. The normalized spacial score (nSPS) is 12.4.